The van der Waals surface area contributed by atoms with Crippen LogP contribution in [0.15, 0.2) is 97.1 Å². The van der Waals surface area contributed by atoms with Crippen LogP contribution in [0.25, 0.3) is 22.0 Å². The number of amidine groups is 1. The van der Waals surface area contributed by atoms with E-state index in [0.29, 0.717) is 36.0 Å². The van der Waals surface area contributed by atoms with Gasteiger partial charge < -0.3 is 25.3 Å². The Kier molecular flexibility index (Phi) is 10.6. The zero-order valence-electron chi connectivity index (χ0n) is 29.8. The van der Waals surface area contributed by atoms with Crippen molar-refractivity contribution in [2.75, 3.05) is 6.54 Å². The molecule has 0 saturated heterocycles. The molecule has 1 amide bonds. The smallest absolute Gasteiger partial charge is 0.419 e. The molecule has 1 aromatic heterocycles. The van der Waals surface area contributed by atoms with Crippen molar-refractivity contribution in [2.45, 2.75) is 65.8 Å². The van der Waals surface area contributed by atoms with Crippen molar-refractivity contribution in [3.63, 3.8) is 0 Å². The zero-order valence-corrected chi connectivity index (χ0v) is 29.8. The second-order valence-corrected chi connectivity index (χ2v) is 14.2. The number of nitrogens with one attached hydrogen (secondary N) is 2. The van der Waals surface area contributed by atoms with E-state index in [9.17, 15) is 14.4 Å². The molecule has 0 aliphatic rings. The van der Waals surface area contributed by atoms with Crippen molar-refractivity contribution in [1.29, 1.82) is 5.41 Å². The van der Waals surface area contributed by atoms with Gasteiger partial charge in [-0.15, -0.1) is 0 Å². The maximum atomic E-state index is 13.5. The fraction of sp³-hybridized carbons (Fsp3) is 0.268. The summed E-state index contributed by atoms with van der Waals surface area (Å²) < 4.78 is 18.3. The Balaban J connectivity index is 1.28. The predicted octanol–water partition coefficient (Wildman–Crippen LogP) is 7.88. The number of rotatable bonds is 10. The van der Waals surface area contributed by atoms with Crippen LogP contribution in [-0.2, 0) is 22.5 Å². The SMILES string of the molecule is CC(C)(C)OC(=O)c1c(C(=N)N)n(C(=O)OC(C)(C)C)c2ccc(CCNC(=O)c3ccc(-c4ccc(OCc5ccccc5)cc4)cc3)cc12. The Bertz CT molecular complexity index is 2050. The van der Waals surface area contributed by atoms with E-state index in [4.69, 9.17) is 25.4 Å². The van der Waals surface area contributed by atoms with Gasteiger partial charge in [-0.1, -0.05) is 60.7 Å². The maximum absolute atomic E-state index is 13.5. The fourth-order valence-electron chi connectivity index (χ4n) is 5.50. The van der Waals surface area contributed by atoms with Gasteiger partial charge in [0.05, 0.1) is 11.1 Å². The van der Waals surface area contributed by atoms with Gasteiger partial charge in [0.2, 0.25) is 0 Å². The maximum Gasteiger partial charge on any atom is 0.419 e. The summed E-state index contributed by atoms with van der Waals surface area (Å²) in [7, 11) is 0. The highest BCUT2D eigenvalue weighted by atomic mass is 16.6. The zero-order chi connectivity index (χ0) is 36.9. The third-order valence-corrected chi connectivity index (χ3v) is 7.75. The predicted molar refractivity (Wildman–Crippen MR) is 198 cm³/mol. The first-order valence-corrected chi connectivity index (χ1v) is 16.7. The Morgan fingerprint density at radius 2 is 1.37 bits per heavy atom. The second-order valence-electron chi connectivity index (χ2n) is 14.2. The second kappa shape index (κ2) is 14.9. The minimum absolute atomic E-state index is 0.00129. The minimum Gasteiger partial charge on any atom is -0.489 e. The molecule has 264 valence electrons. The lowest BCUT2D eigenvalue weighted by molar-refractivity contribution is 0.00713. The van der Waals surface area contributed by atoms with Gasteiger partial charge in [0, 0.05) is 17.5 Å². The molecule has 10 nitrogen and oxygen atoms in total. The van der Waals surface area contributed by atoms with Crippen molar-refractivity contribution >= 4 is 34.7 Å². The summed E-state index contributed by atoms with van der Waals surface area (Å²) in [6.45, 7) is 11.2. The fourth-order valence-corrected chi connectivity index (χ4v) is 5.50. The molecule has 5 rings (SSSR count). The standard InChI is InChI=1S/C41H44N4O6/c1-40(2,3)50-38(47)34-32-24-26(12-21-33(32)45(35(34)36(42)43)39(48)51-41(4,5)6)22-23-44-37(46)30-15-13-28(14-16-30)29-17-19-31(20-18-29)49-25-27-10-8-7-9-11-27/h7-21,24H,22-23,25H2,1-6H3,(H3,42,43)(H,44,46). The van der Waals surface area contributed by atoms with E-state index in [2.05, 4.69) is 5.32 Å². The van der Waals surface area contributed by atoms with E-state index < -0.39 is 29.1 Å². The van der Waals surface area contributed by atoms with Crippen molar-refractivity contribution in [2.24, 2.45) is 5.73 Å². The molecule has 0 unspecified atom stereocenters. The Hall–Kier alpha value is -5.90. The van der Waals surface area contributed by atoms with Gasteiger partial charge in [-0.25, -0.2) is 14.2 Å². The molecule has 5 aromatic rings. The first kappa shape index (κ1) is 36.4. The number of carbonyl (C=O) groups excluding carboxylic acids is 3. The first-order valence-electron chi connectivity index (χ1n) is 16.7. The third-order valence-electron chi connectivity index (χ3n) is 7.75. The first-order chi connectivity index (χ1) is 24.1. The molecular weight excluding hydrogens is 644 g/mol. The van der Waals surface area contributed by atoms with Gasteiger partial charge in [-0.3, -0.25) is 10.2 Å². The molecule has 0 fully saturated rings. The average molecular weight is 689 g/mol. The molecule has 0 aliphatic carbocycles. The van der Waals surface area contributed by atoms with Gasteiger partial charge in [-0.05, 0) is 107 Å². The van der Waals surface area contributed by atoms with E-state index in [1.807, 2.05) is 66.7 Å². The topological polar surface area (TPSA) is 146 Å². The van der Waals surface area contributed by atoms with E-state index in [0.717, 1.165) is 32.6 Å². The number of hydrogen-bond donors (Lipinski definition) is 3. The molecule has 0 aliphatic heterocycles. The van der Waals surface area contributed by atoms with Crippen LogP contribution >= 0.6 is 0 Å². The molecular formula is C41H44N4O6. The monoisotopic (exact) mass is 688 g/mol. The third kappa shape index (κ3) is 9.21. The van der Waals surface area contributed by atoms with Crippen LogP contribution in [0.1, 0.15) is 79.1 Å². The summed E-state index contributed by atoms with van der Waals surface area (Å²) >= 11 is 0. The number of fused-ring (bicyclic) bond motifs is 1. The Morgan fingerprint density at radius 1 is 0.765 bits per heavy atom. The van der Waals surface area contributed by atoms with Crippen molar-refractivity contribution in [3.05, 3.63) is 125 Å². The molecule has 0 bridgehead atoms. The lowest BCUT2D eigenvalue weighted by Crippen LogP contribution is -2.31. The highest BCUT2D eigenvalue weighted by Gasteiger charge is 2.32. The highest BCUT2D eigenvalue weighted by Crippen LogP contribution is 2.31. The quantitative estimate of drug-likeness (QED) is 0.0769. The molecule has 0 atom stereocenters. The number of nitrogens with two attached hydrogens (primary N) is 1. The summed E-state index contributed by atoms with van der Waals surface area (Å²) in [5.41, 5.74) is 8.91. The molecule has 51 heavy (non-hydrogen) atoms. The Morgan fingerprint density at radius 3 is 1.96 bits per heavy atom. The van der Waals surface area contributed by atoms with Crippen LogP contribution in [0.3, 0.4) is 0 Å². The lowest BCUT2D eigenvalue weighted by atomic mass is 10.0. The number of esters is 1. The summed E-state index contributed by atoms with van der Waals surface area (Å²) in [6, 6.07) is 30.4. The minimum atomic E-state index is -0.839. The number of nitrogens with zero attached hydrogens (tertiary/aromatic N) is 1. The van der Waals surface area contributed by atoms with Gasteiger partial charge in [0.25, 0.3) is 5.91 Å². The molecule has 4 aromatic carbocycles. The largest absolute Gasteiger partial charge is 0.489 e. The van der Waals surface area contributed by atoms with E-state index in [1.165, 1.54) is 0 Å². The van der Waals surface area contributed by atoms with Crippen LogP contribution < -0.4 is 15.8 Å². The number of nitrogen functional groups attached to an aromatic ring is 1. The van der Waals surface area contributed by atoms with Crippen LogP contribution in [-0.4, -0.2) is 46.1 Å². The average Bonchev–Trinajstić information content (AvgIpc) is 3.42. The van der Waals surface area contributed by atoms with Gasteiger partial charge in [0.1, 0.15) is 35.1 Å². The summed E-state index contributed by atoms with van der Waals surface area (Å²) in [5.74, 6) is -0.653. The lowest BCUT2D eigenvalue weighted by Gasteiger charge is -2.21. The molecule has 10 heteroatoms. The molecule has 0 spiro atoms. The number of benzene rings is 4. The van der Waals surface area contributed by atoms with Gasteiger partial charge in [-0.2, -0.15) is 0 Å². The van der Waals surface area contributed by atoms with Crippen LogP contribution in [0.4, 0.5) is 4.79 Å². The number of aromatic nitrogens is 1. The summed E-state index contributed by atoms with van der Waals surface area (Å²) in [4.78, 5) is 39.9. The van der Waals surface area contributed by atoms with E-state index >= 15 is 0 Å². The molecule has 4 N–H and O–H groups in total. The van der Waals surface area contributed by atoms with E-state index in [1.54, 1.807) is 71.9 Å². The van der Waals surface area contributed by atoms with Crippen LogP contribution in [0.2, 0.25) is 0 Å². The summed E-state index contributed by atoms with van der Waals surface area (Å²) in [5, 5.41) is 11.6. The summed E-state index contributed by atoms with van der Waals surface area (Å²) in [6.07, 6.45) is -0.345. The van der Waals surface area contributed by atoms with Crippen molar-refractivity contribution in [3.8, 4) is 16.9 Å². The normalized spacial score (nSPS) is 11.6. The van der Waals surface area contributed by atoms with E-state index in [-0.39, 0.29) is 17.2 Å². The number of ether oxygens (including phenoxy) is 3. The molecule has 0 radical (unpaired) electrons. The van der Waals surface area contributed by atoms with Crippen molar-refractivity contribution < 1.29 is 28.6 Å². The van der Waals surface area contributed by atoms with Crippen LogP contribution in [0.5, 0.6) is 5.75 Å². The van der Waals surface area contributed by atoms with Gasteiger partial charge in [0.15, 0.2) is 0 Å². The van der Waals surface area contributed by atoms with Gasteiger partial charge >= 0.3 is 12.1 Å². The number of hydrogen-bond acceptors (Lipinski definition) is 7. The highest BCUT2D eigenvalue weighted by molar-refractivity contribution is 6.17. The molecule has 0 saturated carbocycles. The Labute approximate surface area is 298 Å². The number of amides is 1. The molecule has 1 heterocycles. The number of carbonyl (C=O) groups is 3. The van der Waals surface area contributed by atoms with Crippen LogP contribution in [0, 0.1) is 5.41 Å². The van der Waals surface area contributed by atoms with Crippen molar-refractivity contribution in [1.82, 2.24) is 9.88 Å².